The van der Waals surface area contributed by atoms with E-state index in [-0.39, 0.29) is 43.0 Å². The topological polar surface area (TPSA) is 125 Å². The third-order valence-electron chi connectivity index (χ3n) is 8.17. The van der Waals surface area contributed by atoms with Gasteiger partial charge < -0.3 is 19.3 Å². The molecule has 1 aromatic rings. The van der Waals surface area contributed by atoms with Gasteiger partial charge in [0.2, 0.25) is 21.8 Å². The Morgan fingerprint density at radius 1 is 1.05 bits per heavy atom. The van der Waals surface area contributed by atoms with E-state index >= 15 is 0 Å². The van der Waals surface area contributed by atoms with E-state index in [4.69, 9.17) is 9.47 Å². The first kappa shape index (κ1) is 28.0. The van der Waals surface area contributed by atoms with Gasteiger partial charge in [0.25, 0.3) is 0 Å². The summed E-state index contributed by atoms with van der Waals surface area (Å²) in [5, 5.41) is 0. The number of nitrogens with zero attached hydrogens (tertiary/aromatic N) is 6. The van der Waals surface area contributed by atoms with Crippen LogP contribution in [-0.4, -0.2) is 115 Å². The number of ether oxygens (including phenoxy) is 2. The lowest BCUT2D eigenvalue weighted by Gasteiger charge is -2.33. The summed E-state index contributed by atoms with van der Waals surface area (Å²) in [7, 11) is -3.48. The molecule has 216 valence electrons. The highest BCUT2D eigenvalue weighted by Gasteiger charge is 2.43. The monoisotopic (exact) mass is 564 g/mol. The normalized spacial score (nSPS) is 22.7. The fourth-order valence-corrected chi connectivity index (χ4v) is 6.72. The number of anilines is 1. The Morgan fingerprint density at radius 3 is 2.44 bits per heavy atom. The van der Waals surface area contributed by atoms with Crippen LogP contribution in [0.4, 0.5) is 10.6 Å². The molecule has 0 aromatic carbocycles. The van der Waals surface area contributed by atoms with Crippen LogP contribution >= 0.6 is 0 Å². The average molecular weight is 565 g/mol. The minimum Gasteiger partial charge on any atom is -0.476 e. The molecule has 0 radical (unpaired) electrons. The van der Waals surface area contributed by atoms with Gasteiger partial charge in [0.05, 0.1) is 31.3 Å². The van der Waals surface area contributed by atoms with Crippen molar-refractivity contribution in [3.8, 4) is 5.88 Å². The fourth-order valence-electron chi connectivity index (χ4n) is 5.30. The zero-order chi connectivity index (χ0) is 27.5. The predicted molar refractivity (Wildman–Crippen MR) is 144 cm³/mol. The van der Waals surface area contributed by atoms with Crippen LogP contribution in [0.1, 0.15) is 51.9 Å². The molecular formula is C26H40N6O6S. The molecule has 0 bridgehead atoms. The fraction of sp³-hybridized carbons (Fsp3) is 0.769. The highest BCUT2D eigenvalue weighted by Crippen LogP contribution is 2.39. The summed E-state index contributed by atoms with van der Waals surface area (Å²) in [6.45, 7) is 6.89. The molecule has 0 unspecified atom stereocenters. The molecule has 1 aromatic heterocycles. The summed E-state index contributed by atoms with van der Waals surface area (Å²) in [5.41, 5.74) is -0.259. The van der Waals surface area contributed by atoms with Crippen LogP contribution in [-0.2, 0) is 19.6 Å². The number of piperazine rings is 1. The van der Waals surface area contributed by atoms with Gasteiger partial charge in [-0.3, -0.25) is 9.69 Å². The number of rotatable bonds is 10. The second-order valence-corrected chi connectivity index (χ2v) is 13.5. The lowest BCUT2D eigenvalue weighted by atomic mass is 9.98. The van der Waals surface area contributed by atoms with E-state index in [1.165, 1.54) is 34.4 Å². The number of amides is 2. The van der Waals surface area contributed by atoms with Gasteiger partial charge in [0.15, 0.2) is 5.82 Å². The van der Waals surface area contributed by atoms with Crippen molar-refractivity contribution in [1.29, 1.82) is 0 Å². The van der Waals surface area contributed by atoms with E-state index in [1.54, 1.807) is 4.90 Å². The van der Waals surface area contributed by atoms with Crippen molar-refractivity contribution in [1.82, 2.24) is 24.1 Å². The lowest BCUT2D eigenvalue weighted by molar-refractivity contribution is -0.120. The number of carbonyl (C=O) groups is 2. The van der Waals surface area contributed by atoms with Crippen LogP contribution < -0.4 is 9.64 Å². The number of likely N-dealkylation sites (tertiary alicyclic amines) is 2. The van der Waals surface area contributed by atoms with Crippen molar-refractivity contribution in [3.63, 3.8) is 0 Å². The van der Waals surface area contributed by atoms with Gasteiger partial charge in [-0.05, 0) is 77.4 Å². The number of hydrogen-bond donors (Lipinski definition) is 0. The van der Waals surface area contributed by atoms with Crippen LogP contribution in [0.5, 0.6) is 5.88 Å². The van der Waals surface area contributed by atoms with E-state index in [0.717, 1.165) is 45.3 Å². The summed E-state index contributed by atoms with van der Waals surface area (Å²) in [6.07, 6.45) is 9.24. The quantitative estimate of drug-likeness (QED) is 0.418. The number of sulfonamides is 1. The highest BCUT2D eigenvalue weighted by atomic mass is 32.2. The molecule has 3 aliphatic heterocycles. The summed E-state index contributed by atoms with van der Waals surface area (Å²) in [4.78, 5) is 39.2. The molecule has 2 amide bonds. The first-order valence-electron chi connectivity index (χ1n) is 14.1. The number of hydrogen-bond acceptors (Lipinski definition) is 9. The zero-order valence-electron chi connectivity index (χ0n) is 22.8. The molecule has 1 saturated carbocycles. The SMILES string of the molecule is CC1(OC(=O)N2CCC(COc3cnc(N4CCN(S(=O)(=O)CCCN5CCCC5)CC4=O)cn3)CC2)CC1. The number of carbonyl (C=O) groups excluding carboxylic acids is 2. The standard InChI is InChI=1S/C26H40N6O6S/c1-26(7-8-26)38-25(34)30-12-5-21(6-13-30)20-37-23-18-27-22(17-28-23)32-15-14-31(19-24(32)33)39(35,36)16-4-11-29-9-2-3-10-29/h17-18,21H,2-16,19-20H2,1H3. The third kappa shape index (κ3) is 7.37. The van der Waals surface area contributed by atoms with Crippen LogP contribution in [0.3, 0.4) is 0 Å². The van der Waals surface area contributed by atoms with Crippen molar-refractivity contribution in [2.75, 3.05) is 69.6 Å². The molecule has 1 aliphatic carbocycles. The van der Waals surface area contributed by atoms with E-state index in [9.17, 15) is 18.0 Å². The van der Waals surface area contributed by atoms with Gasteiger partial charge in [0.1, 0.15) is 5.60 Å². The zero-order valence-corrected chi connectivity index (χ0v) is 23.6. The third-order valence-corrected chi connectivity index (χ3v) is 10.1. The number of aromatic nitrogens is 2. The van der Waals surface area contributed by atoms with Gasteiger partial charge in [-0.25, -0.2) is 23.2 Å². The first-order chi connectivity index (χ1) is 18.7. The first-order valence-corrected chi connectivity index (χ1v) is 15.8. The Hall–Kier alpha value is -2.51. The highest BCUT2D eigenvalue weighted by molar-refractivity contribution is 7.89. The summed E-state index contributed by atoms with van der Waals surface area (Å²) < 4.78 is 38.2. The van der Waals surface area contributed by atoms with Crippen LogP contribution in [0.25, 0.3) is 0 Å². The molecule has 0 spiro atoms. The average Bonchev–Trinajstić information content (AvgIpc) is 3.41. The molecule has 4 heterocycles. The lowest BCUT2D eigenvalue weighted by Crippen LogP contribution is -2.53. The molecule has 0 N–H and O–H groups in total. The molecule has 13 heteroatoms. The Balaban J connectivity index is 1.03. The van der Waals surface area contributed by atoms with Gasteiger partial charge in [-0.15, -0.1) is 0 Å². The van der Waals surface area contributed by atoms with Gasteiger partial charge in [-0.2, -0.15) is 4.31 Å². The summed E-state index contributed by atoms with van der Waals surface area (Å²) in [5.74, 6) is 0.807. The molecular weight excluding hydrogens is 524 g/mol. The maximum absolute atomic E-state index is 12.8. The van der Waals surface area contributed by atoms with Crippen molar-refractivity contribution < 1.29 is 27.5 Å². The predicted octanol–water partition coefficient (Wildman–Crippen LogP) is 1.72. The largest absolute Gasteiger partial charge is 0.476 e. The van der Waals surface area contributed by atoms with Gasteiger partial charge in [-0.1, -0.05) is 0 Å². The second kappa shape index (κ2) is 11.9. The maximum Gasteiger partial charge on any atom is 0.410 e. The Morgan fingerprint density at radius 2 is 1.79 bits per heavy atom. The van der Waals surface area contributed by atoms with E-state index in [2.05, 4.69) is 14.9 Å². The van der Waals surface area contributed by atoms with Gasteiger partial charge in [0, 0.05) is 26.2 Å². The summed E-state index contributed by atoms with van der Waals surface area (Å²) >= 11 is 0. The van der Waals surface area contributed by atoms with Crippen molar-refractivity contribution in [2.45, 2.75) is 57.5 Å². The van der Waals surface area contributed by atoms with Crippen molar-refractivity contribution in [2.24, 2.45) is 5.92 Å². The van der Waals surface area contributed by atoms with Gasteiger partial charge >= 0.3 is 6.09 Å². The molecule has 4 aliphatic rings. The Kier molecular flexibility index (Phi) is 8.57. The molecule has 3 saturated heterocycles. The van der Waals surface area contributed by atoms with Crippen LogP contribution in [0.15, 0.2) is 12.4 Å². The second-order valence-electron chi connectivity index (χ2n) is 11.4. The van der Waals surface area contributed by atoms with Crippen molar-refractivity contribution >= 4 is 27.8 Å². The van der Waals surface area contributed by atoms with Crippen molar-refractivity contribution in [3.05, 3.63) is 12.4 Å². The molecule has 0 atom stereocenters. The molecule has 12 nitrogen and oxygen atoms in total. The molecule has 4 fully saturated rings. The number of piperidine rings is 1. The molecule has 39 heavy (non-hydrogen) atoms. The maximum atomic E-state index is 12.8. The van der Waals surface area contributed by atoms with E-state index in [1.807, 2.05) is 6.92 Å². The summed E-state index contributed by atoms with van der Waals surface area (Å²) in [6, 6.07) is 0. The minimum absolute atomic E-state index is 0.0607. The van der Waals surface area contributed by atoms with Crippen LogP contribution in [0.2, 0.25) is 0 Å². The van der Waals surface area contributed by atoms with E-state index < -0.39 is 10.0 Å². The minimum atomic E-state index is -3.48. The smallest absolute Gasteiger partial charge is 0.410 e. The van der Waals surface area contributed by atoms with Crippen LogP contribution in [0, 0.1) is 5.92 Å². The Bertz CT molecular complexity index is 1110. The Labute approximate surface area is 230 Å². The van der Waals surface area contributed by atoms with E-state index in [0.29, 0.717) is 43.7 Å². The molecule has 5 rings (SSSR count).